The second-order valence-corrected chi connectivity index (χ2v) is 13.9. The van der Waals surface area contributed by atoms with Gasteiger partial charge in [0.1, 0.15) is 0 Å². The summed E-state index contributed by atoms with van der Waals surface area (Å²) in [5, 5.41) is 3.12. The van der Waals surface area contributed by atoms with E-state index < -0.39 is 9.84 Å². The number of likely N-dealkylation sites (tertiary alicyclic amines) is 1. The Balaban J connectivity index is 1.08. The molecule has 1 spiro atoms. The average Bonchev–Trinajstić information content (AvgIpc) is 3.12. The van der Waals surface area contributed by atoms with Crippen LogP contribution in [0.25, 0.3) is 0 Å². The van der Waals surface area contributed by atoms with E-state index >= 15 is 0 Å². The maximum Gasteiger partial charge on any atom is 0.220 e. The summed E-state index contributed by atoms with van der Waals surface area (Å²) in [7, 11) is -2.85. The lowest BCUT2D eigenvalue weighted by molar-refractivity contribution is -0.124. The van der Waals surface area contributed by atoms with Crippen LogP contribution in [0.2, 0.25) is 0 Å². The lowest BCUT2D eigenvalue weighted by Crippen LogP contribution is -2.54. The molecule has 1 N–H and O–H groups in total. The van der Waals surface area contributed by atoms with E-state index in [0.717, 1.165) is 58.2 Å². The number of carbonyl (C=O) groups excluding carboxylic acids is 1. The summed E-state index contributed by atoms with van der Waals surface area (Å²) in [6, 6.07) is 3.17. The Morgan fingerprint density at radius 3 is 2.78 bits per heavy atom. The number of carbonyl (C=O) groups is 1. The Morgan fingerprint density at radius 2 is 2.09 bits per heavy atom. The minimum Gasteiger partial charge on any atom is -0.370 e. The van der Waals surface area contributed by atoms with Crippen LogP contribution in [0.3, 0.4) is 0 Å². The number of thiophene rings is 1. The molecule has 4 heterocycles. The van der Waals surface area contributed by atoms with Gasteiger partial charge >= 0.3 is 0 Å². The minimum atomic E-state index is -2.85. The average molecular weight is 481 g/mol. The van der Waals surface area contributed by atoms with Gasteiger partial charge in [0, 0.05) is 47.8 Å². The first-order valence-electron chi connectivity index (χ1n) is 12.2. The molecule has 0 radical (unpaired) electrons. The number of nitrogens with one attached hydrogen (secondary N) is 1. The van der Waals surface area contributed by atoms with Gasteiger partial charge < -0.3 is 15.0 Å². The molecule has 8 heteroatoms. The van der Waals surface area contributed by atoms with Crippen molar-refractivity contribution in [3.8, 4) is 0 Å². The number of sulfone groups is 1. The van der Waals surface area contributed by atoms with E-state index in [0.29, 0.717) is 18.4 Å². The quantitative estimate of drug-likeness (QED) is 0.678. The number of nitrogens with zero attached hydrogens (tertiary/aromatic N) is 1. The molecule has 0 bridgehead atoms. The fourth-order valence-electron chi connectivity index (χ4n) is 6.22. The monoisotopic (exact) mass is 480 g/mol. The van der Waals surface area contributed by atoms with Gasteiger partial charge in [0.25, 0.3) is 0 Å². The van der Waals surface area contributed by atoms with E-state index in [1.54, 1.807) is 4.88 Å². The lowest BCUT2D eigenvalue weighted by Gasteiger charge is -2.49. The topological polar surface area (TPSA) is 75.7 Å². The van der Waals surface area contributed by atoms with Crippen LogP contribution >= 0.6 is 11.3 Å². The molecule has 0 aromatic carbocycles. The maximum atomic E-state index is 12.2. The Bertz CT molecular complexity index is 957. The molecule has 6 nitrogen and oxygen atoms in total. The molecule has 3 aliphatic heterocycles. The normalized spacial score (nSPS) is 34.5. The first kappa shape index (κ1) is 22.8. The molecule has 32 heavy (non-hydrogen) atoms. The Labute approximate surface area is 196 Å². The fraction of sp³-hybridized carbons (Fsp3) is 0.792. The summed E-state index contributed by atoms with van der Waals surface area (Å²) >= 11 is 1.98. The highest BCUT2D eigenvalue weighted by Gasteiger charge is 2.45. The molecule has 178 valence electrons. The van der Waals surface area contributed by atoms with Crippen LogP contribution in [0.15, 0.2) is 6.07 Å². The third-order valence-electron chi connectivity index (χ3n) is 8.01. The van der Waals surface area contributed by atoms with Gasteiger partial charge in [0.05, 0.1) is 23.7 Å². The summed E-state index contributed by atoms with van der Waals surface area (Å²) in [6.45, 7) is 7.60. The molecule has 2 atom stereocenters. The SMILES string of the molecule is CCc1cc2c(s1)CCO[C@@]21CCN(C[C@H]2C[C@@H](NC(=O)CC3CS(=O)(=O)C3)C2)[C@@H](C)C1. The molecule has 5 rings (SSSR count). The second-order valence-electron chi connectivity index (χ2n) is 10.5. The maximum absolute atomic E-state index is 12.2. The number of fused-ring (bicyclic) bond motifs is 2. The largest absolute Gasteiger partial charge is 0.370 e. The second kappa shape index (κ2) is 8.67. The van der Waals surface area contributed by atoms with Crippen molar-refractivity contribution >= 4 is 27.1 Å². The molecule has 1 aliphatic carbocycles. The highest BCUT2D eigenvalue weighted by Crippen LogP contribution is 2.46. The van der Waals surface area contributed by atoms with E-state index in [1.807, 2.05) is 11.3 Å². The minimum absolute atomic E-state index is 0.0223. The van der Waals surface area contributed by atoms with E-state index in [1.165, 1.54) is 10.4 Å². The third kappa shape index (κ3) is 4.52. The molecule has 1 aromatic rings. The van der Waals surface area contributed by atoms with Crippen molar-refractivity contribution in [2.45, 2.75) is 76.5 Å². The molecule has 4 aliphatic rings. The van der Waals surface area contributed by atoms with Crippen molar-refractivity contribution in [2.24, 2.45) is 11.8 Å². The summed E-state index contributed by atoms with van der Waals surface area (Å²) in [4.78, 5) is 17.8. The number of hydrogen-bond donors (Lipinski definition) is 1. The molecular weight excluding hydrogens is 444 g/mol. The Morgan fingerprint density at radius 1 is 1.31 bits per heavy atom. The van der Waals surface area contributed by atoms with Crippen molar-refractivity contribution in [2.75, 3.05) is 31.2 Å². The third-order valence-corrected chi connectivity index (χ3v) is 11.3. The Hall–Kier alpha value is -0.960. The zero-order valence-electron chi connectivity index (χ0n) is 19.3. The van der Waals surface area contributed by atoms with Gasteiger partial charge in [-0.3, -0.25) is 4.79 Å². The standard InChI is InChI=1S/C24H36N2O4S2/c1-3-20-11-21-22(31-20)4-7-30-24(21)5-6-26(16(2)12-24)13-17-8-19(9-17)25-23(27)10-18-14-32(28,29)15-18/h11,16-19H,3-10,12-15H2,1-2H3,(H,25,27)/t16-,17-,19+,24+/m0/s1. The van der Waals surface area contributed by atoms with Gasteiger partial charge in [-0.25, -0.2) is 8.42 Å². The lowest BCUT2D eigenvalue weighted by atomic mass is 9.76. The van der Waals surface area contributed by atoms with Gasteiger partial charge in [-0.1, -0.05) is 6.92 Å². The summed E-state index contributed by atoms with van der Waals surface area (Å²) in [6.07, 6.45) is 6.73. The molecule has 1 aromatic heterocycles. The first-order valence-corrected chi connectivity index (χ1v) is 14.9. The summed E-state index contributed by atoms with van der Waals surface area (Å²) in [5.74, 6) is 1.04. The highest BCUT2D eigenvalue weighted by molar-refractivity contribution is 7.92. The molecule has 2 saturated heterocycles. The van der Waals surface area contributed by atoms with Crippen LogP contribution in [0, 0.1) is 11.8 Å². The van der Waals surface area contributed by atoms with Crippen LogP contribution in [0.4, 0.5) is 0 Å². The number of piperidine rings is 1. The van der Waals surface area contributed by atoms with Gasteiger partial charge in [-0.15, -0.1) is 11.3 Å². The van der Waals surface area contributed by atoms with E-state index in [-0.39, 0.29) is 35.0 Å². The zero-order chi connectivity index (χ0) is 22.5. The molecular formula is C24H36N2O4S2. The predicted molar refractivity (Wildman–Crippen MR) is 127 cm³/mol. The smallest absolute Gasteiger partial charge is 0.220 e. The van der Waals surface area contributed by atoms with Crippen molar-refractivity contribution in [3.63, 3.8) is 0 Å². The number of rotatable bonds is 6. The molecule has 1 amide bonds. The van der Waals surface area contributed by atoms with Crippen molar-refractivity contribution in [1.82, 2.24) is 10.2 Å². The predicted octanol–water partition coefficient (Wildman–Crippen LogP) is 2.89. The van der Waals surface area contributed by atoms with Gasteiger partial charge in [-0.05, 0) is 62.5 Å². The van der Waals surface area contributed by atoms with E-state index in [9.17, 15) is 13.2 Å². The molecule has 0 unspecified atom stereocenters. The zero-order valence-corrected chi connectivity index (χ0v) is 20.9. The van der Waals surface area contributed by atoms with Crippen LogP contribution in [0.1, 0.15) is 61.3 Å². The number of ether oxygens (including phenoxy) is 1. The van der Waals surface area contributed by atoms with Crippen molar-refractivity contribution < 1.29 is 17.9 Å². The highest BCUT2D eigenvalue weighted by atomic mass is 32.2. The van der Waals surface area contributed by atoms with Crippen LogP contribution in [0.5, 0.6) is 0 Å². The van der Waals surface area contributed by atoms with E-state index in [2.05, 4.69) is 30.1 Å². The molecule has 1 saturated carbocycles. The van der Waals surface area contributed by atoms with Gasteiger partial charge in [0.2, 0.25) is 5.91 Å². The van der Waals surface area contributed by atoms with Gasteiger partial charge in [-0.2, -0.15) is 0 Å². The van der Waals surface area contributed by atoms with Crippen molar-refractivity contribution in [3.05, 3.63) is 21.4 Å². The number of aryl methyl sites for hydroxylation is 1. The first-order chi connectivity index (χ1) is 15.2. The summed E-state index contributed by atoms with van der Waals surface area (Å²) in [5.41, 5.74) is 1.39. The van der Waals surface area contributed by atoms with Gasteiger partial charge in [0.15, 0.2) is 9.84 Å². The van der Waals surface area contributed by atoms with Crippen LogP contribution in [-0.4, -0.2) is 62.5 Å². The summed E-state index contributed by atoms with van der Waals surface area (Å²) < 4.78 is 29.0. The number of amides is 1. The number of hydrogen-bond acceptors (Lipinski definition) is 6. The van der Waals surface area contributed by atoms with E-state index in [4.69, 9.17) is 4.74 Å². The van der Waals surface area contributed by atoms with Crippen LogP contribution < -0.4 is 5.32 Å². The van der Waals surface area contributed by atoms with Crippen molar-refractivity contribution in [1.29, 1.82) is 0 Å². The Kier molecular flexibility index (Phi) is 6.18. The fourth-order valence-corrected chi connectivity index (χ4v) is 8.97. The van der Waals surface area contributed by atoms with Crippen LogP contribution in [-0.2, 0) is 37.8 Å². The molecule has 3 fully saturated rings.